The molecule has 0 atom stereocenters. The van der Waals surface area contributed by atoms with Crippen molar-refractivity contribution in [2.24, 2.45) is 0 Å². The van der Waals surface area contributed by atoms with Gasteiger partial charge in [-0.15, -0.1) is 18.2 Å². The minimum absolute atomic E-state index is 0. The fourth-order valence-corrected chi connectivity index (χ4v) is 4.10. The van der Waals surface area contributed by atoms with Gasteiger partial charge >= 0.3 is 41.0 Å². The molecule has 8 nitrogen and oxygen atoms in total. The Morgan fingerprint density at radius 2 is 1.97 bits per heavy atom. The summed E-state index contributed by atoms with van der Waals surface area (Å²) in [5.74, 6) is 1.35. The second kappa shape index (κ2) is 19.3. The number of hydrogen-bond donors (Lipinski definition) is 2. The van der Waals surface area contributed by atoms with E-state index in [0.29, 0.717) is 66.5 Å². The second-order valence-corrected chi connectivity index (χ2v) is 10.8. The van der Waals surface area contributed by atoms with Crippen LogP contribution in [0.3, 0.4) is 0 Å². The molecule has 0 radical (unpaired) electrons. The van der Waals surface area contributed by atoms with Crippen LogP contribution in [0.15, 0.2) is 55.2 Å². The normalized spacial score (nSPS) is 9.97. The topological polar surface area (TPSA) is 107 Å². The van der Waals surface area contributed by atoms with Gasteiger partial charge in [-0.2, -0.15) is 11.1 Å². The zero-order valence-electron chi connectivity index (χ0n) is 21.1. The van der Waals surface area contributed by atoms with Crippen molar-refractivity contribution in [3.05, 3.63) is 91.6 Å². The summed E-state index contributed by atoms with van der Waals surface area (Å²) in [5.41, 5.74) is 1.43. The van der Waals surface area contributed by atoms with E-state index in [1.807, 2.05) is 36.8 Å². The molecule has 2 aromatic carbocycles. The Morgan fingerprint density at radius 3 is 2.65 bits per heavy atom. The summed E-state index contributed by atoms with van der Waals surface area (Å²) in [4.78, 5) is 8.73. The number of nitrogens with zero attached hydrogens (tertiary/aromatic N) is 3. The van der Waals surface area contributed by atoms with Gasteiger partial charge in [-0.25, -0.2) is 4.98 Å². The van der Waals surface area contributed by atoms with E-state index in [1.165, 1.54) is 6.20 Å². The fourth-order valence-electron chi connectivity index (χ4n) is 2.81. The zero-order valence-corrected chi connectivity index (χ0v) is 25.2. The summed E-state index contributed by atoms with van der Waals surface area (Å²) in [6.07, 6.45) is 3.43. The third-order valence-electron chi connectivity index (χ3n) is 4.29. The molecule has 196 valence electrons. The first-order valence-electron chi connectivity index (χ1n) is 10.5. The SMILES string of the molecule is [CH-]=C.[CH2-]C[N-]C[CH-]COc1[c-]ccc(Nc2ncc(Cl)c(Nc3ccccc3P(C)(C)=O)n2)c1.[Li+].[O]=[Os]. The summed E-state index contributed by atoms with van der Waals surface area (Å²) < 4.78 is 26.6. The molecule has 0 bridgehead atoms. The number of aromatic nitrogens is 2. The van der Waals surface area contributed by atoms with E-state index in [4.69, 9.17) is 19.9 Å². The standard InChI is InChI=1S/C23H25ClN5O2P.C2H3.Li.O.Os/c1-4-25-13-8-14-31-18-10-7-9-17(15-18)27-23-26-16-19(24)22(29-23)28-20-11-5-6-12-21(20)32(2,3)30;1-2;;;/h5-9,11-12,15-16H,1,4,13-14H2,2-3H3,(H2,26,27,28,29);1H,2H2;;;/q-4;-1;+1;;. The van der Waals surface area contributed by atoms with E-state index >= 15 is 0 Å². The molecule has 0 spiro atoms. The third-order valence-corrected chi connectivity index (χ3v) is 6.11. The fraction of sp³-hybridized carbons (Fsp3) is 0.200. The summed E-state index contributed by atoms with van der Waals surface area (Å²) >= 11 is 6.92. The van der Waals surface area contributed by atoms with Crippen LogP contribution in [0, 0.1) is 26.0 Å². The molecule has 37 heavy (non-hydrogen) atoms. The number of hydrogen-bond acceptors (Lipinski definition) is 7. The van der Waals surface area contributed by atoms with E-state index in [2.05, 4.69) is 52.1 Å². The van der Waals surface area contributed by atoms with Gasteiger partial charge in [-0.1, -0.05) is 29.4 Å². The molecule has 1 heterocycles. The van der Waals surface area contributed by atoms with Gasteiger partial charge in [0.1, 0.15) is 12.2 Å². The molecular weight excluding hydrogens is 682 g/mol. The van der Waals surface area contributed by atoms with Gasteiger partial charge in [0.2, 0.25) is 5.95 Å². The minimum atomic E-state index is -2.49. The maximum atomic E-state index is 12.6. The van der Waals surface area contributed by atoms with Crippen molar-refractivity contribution >= 4 is 47.2 Å². The van der Waals surface area contributed by atoms with Crippen LogP contribution in [0.2, 0.25) is 5.02 Å². The Balaban J connectivity index is 0.00000247. The van der Waals surface area contributed by atoms with Gasteiger partial charge in [0.25, 0.3) is 0 Å². The van der Waals surface area contributed by atoms with Gasteiger partial charge in [-0.05, 0) is 32.1 Å². The van der Waals surface area contributed by atoms with Crippen LogP contribution in [0.4, 0.5) is 23.1 Å². The van der Waals surface area contributed by atoms with Crippen LogP contribution >= 0.6 is 18.7 Å². The van der Waals surface area contributed by atoms with Crippen molar-refractivity contribution < 1.29 is 50.3 Å². The first-order valence-corrected chi connectivity index (χ1v) is 14.5. The number of para-hydroxylation sites is 1. The average Bonchev–Trinajstić information content (AvgIpc) is 2.88. The molecule has 12 heteroatoms. The van der Waals surface area contributed by atoms with Crippen molar-refractivity contribution in [3.8, 4) is 5.75 Å². The van der Waals surface area contributed by atoms with E-state index in [-0.39, 0.29) is 18.9 Å². The Labute approximate surface area is 247 Å². The number of nitrogens with one attached hydrogen (secondary N) is 2. The van der Waals surface area contributed by atoms with Gasteiger partial charge in [0, 0.05) is 11.1 Å². The molecule has 3 aromatic rings. The zero-order chi connectivity index (χ0) is 27.0. The number of anilines is 4. The molecule has 0 amide bonds. The molecular formula is C25H28ClLiN5O3OsP-4. The predicted octanol–water partition coefficient (Wildman–Crippen LogP) is 2.94. The van der Waals surface area contributed by atoms with Crippen LogP contribution in [-0.2, 0) is 26.7 Å². The van der Waals surface area contributed by atoms with Gasteiger partial charge in [0.05, 0.1) is 11.9 Å². The van der Waals surface area contributed by atoms with Crippen LogP contribution < -0.4 is 39.5 Å². The second-order valence-electron chi connectivity index (χ2n) is 7.18. The summed E-state index contributed by atoms with van der Waals surface area (Å²) in [6.45, 7) is 15.7. The van der Waals surface area contributed by atoms with Gasteiger partial charge in [-0.3, -0.25) is 19.7 Å². The van der Waals surface area contributed by atoms with Crippen LogP contribution in [0.1, 0.15) is 0 Å². The Hall–Kier alpha value is -1.83. The van der Waals surface area contributed by atoms with Crippen LogP contribution in [-0.4, -0.2) is 43.0 Å². The van der Waals surface area contributed by atoms with E-state index in [9.17, 15) is 4.57 Å². The number of benzene rings is 2. The number of halogens is 1. The molecule has 2 N–H and O–H groups in total. The van der Waals surface area contributed by atoms with Crippen LogP contribution in [0.25, 0.3) is 5.32 Å². The average molecular weight is 710 g/mol. The van der Waals surface area contributed by atoms with E-state index < -0.39 is 7.14 Å². The van der Waals surface area contributed by atoms with E-state index in [1.54, 1.807) is 25.5 Å². The molecule has 0 unspecified atom stereocenters. The first-order chi connectivity index (χ1) is 17.4. The van der Waals surface area contributed by atoms with Crippen molar-refractivity contribution in [2.45, 2.75) is 0 Å². The predicted molar refractivity (Wildman–Crippen MR) is 143 cm³/mol. The Bertz CT molecular complexity index is 1140. The van der Waals surface area contributed by atoms with Crippen LogP contribution in [0.5, 0.6) is 5.75 Å². The molecule has 0 aliphatic carbocycles. The van der Waals surface area contributed by atoms with Crippen molar-refractivity contribution in [1.29, 1.82) is 0 Å². The molecule has 3 rings (SSSR count). The van der Waals surface area contributed by atoms with Crippen molar-refractivity contribution in [2.75, 3.05) is 43.7 Å². The molecule has 1 aromatic heterocycles. The molecule has 0 aliphatic heterocycles. The number of ether oxygens (including phenoxy) is 1. The summed E-state index contributed by atoms with van der Waals surface area (Å²) in [6, 6.07) is 15.8. The summed E-state index contributed by atoms with van der Waals surface area (Å²) in [5, 5.41) is 11.5. The Morgan fingerprint density at radius 1 is 1.27 bits per heavy atom. The number of rotatable bonds is 11. The first kappa shape index (κ1) is 35.2. The van der Waals surface area contributed by atoms with Gasteiger partial charge in [0.15, 0.2) is 5.82 Å². The molecule has 0 aliphatic rings. The maximum absolute atomic E-state index is 12.6. The van der Waals surface area contributed by atoms with E-state index in [0.717, 1.165) is 11.0 Å². The van der Waals surface area contributed by atoms with Gasteiger partial charge < -0.3 is 45.2 Å². The monoisotopic (exact) mass is 711 g/mol. The molecule has 0 fully saturated rings. The quantitative estimate of drug-likeness (QED) is 0.137. The third kappa shape index (κ3) is 12.5. The Kier molecular flexibility index (Phi) is 18.3. The summed E-state index contributed by atoms with van der Waals surface area (Å²) in [7, 11) is -2.49. The van der Waals surface area contributed by atoms with Crippen molar-refractivity contribution in [1.82, 2.24) is 9.97 Å². The molecule has 0 saturated carbocycles. The molecule has 0 saturated heterocycles. The van der Waals surface area contributed by atoms with Crippen molar-refractivity contribution in [3.63, 3.8) is 0 Å².